The van der Waals surface area contributed by atoms with Crippen LogP contribution in [0.3, 0.4) is 0 Å². The van der Waals surface area contributed by atoms with E-state index in [2.05, 4.69) is 36.3 Å². The second-order valence-corrected chi connectivity index (χ2v) is 6.53. The average Bonchev–Trinajstić information content (AvgIpc) is 2.79. The van der Waals surface area contributed by atoms with Gasteiger partial charge in [-0.1, -0.05) is 26.0 Å². The summed E-state index contributed by atoms with van der Waals surface area (Å²) in [6, 6.07) is 0. The van der Waals surface area contributed by atoms with E-state index in [9.17, 15) is 4.79 Å². The number of thiazole rings is 1. The number of carbonyl (C=O) groups is 1. The maximum atomic E-state index is 12.1. The number of aromatic nitrogens is 1. The molecule has 1 aliphatic carbocycles. The zero-order chi connectivity index (χ0) is 13.8. The molecule has 1 unspecified atom stereocenters. The Labute approximate surface area is 119 Å². The lowest BCUT2D eigenvalue weighted by atomic mass is 9.94. The van der Waals surface area contributed by atoms with E-state index in [1.807, 2.05) is 6.92 Å². The van der Waals surface area contributed by atoms with Crippen molar-refractivity contribution in [2.24, 2.45) is 5.92 Å². The topological polar surface area (TPSA) is 42.0 Å². The summed E-state index contributed by atoms with van der Waals surface area (Å²) in [6.07, 6.45) is 7.15. The van der Waals surface area contributed by atoms with Crippen molar-refractivity contribution in [1.82, 2.24) is 10.3 Å². The predicted octanol–water partition coefficient (Wildman–Crippen LogP) is 3.55. The number of nitrogens with one attached hydrogen (secondary N) is 1. The van der Waals surface area contributed by atoms with E-state index in [4.69, 9.17) is 0 Å². The van der Waals surface area contributed by atoms with Gasteiger partial charge in [0.25, 0.3) is 0 Å². The van der Waals surface area contributed by atoms with Gasteiger partial charge in [0.15, 0.2) is 0 Å². The number of allylic oxidation sites excluding steroid dienone is 2. The van der Waals surface area contributed by atoms with Crippen molar-refractivity contribution in [3.05, 3.63) is 27.7 Å². The average molecular weight is 278 g/mol. The van der Waals surface area contributed by atoms with Crippen LogP contribution in [0.15, 0.2) is 12.2 Å². The second-order valence-electron chi connectivity index (χ2n) is 5.41. The molecule has 1 aromatic rings. The largest absolute Gasteiger partial charge is 0.351 e. The third-order valence-corrected chi connectivity index (χ3v) is 4.92. The number of aryl methyl sites for hydroxylation is 1. The fourth-order valence-electron chi connectivity index (χ4n) is 2.20. The van der Waals surface area contributed by atoms with Crippen LogP contribution in [0.1, 0.15) is 54.6 Å². The first kappa shape index (κ1) is 14.3. The predicted molar refractivity (Wildman–Crippen MR) is 79.3 cm³/mol. The third kappa shape index (κ3) is 3.66. The molecule has 1 heterocycles. The van der Waals surface area contributed by atoms with Gasteiger partial charge in [-0.05, 0) is 26.2 Å². The molecule has 0 fully saturated rings. The molecule has 0 spiro atoms. The van der Waals surface area contributed by atoms with E-state index in [1.54, 1.807) is 11.3 Å². The molecule has 0 aliphatic heterocycles. The maximum Gasteiger partial charge on any atom is 0.223 e. The molecule has 1 N–H and O–H groups in total. The monoisotopic (exact) mass is 278 g/mol. The van der Waals surface area contributed by atoms with Crippen LogP contribution in [-0.2, 0) is 11.3 Å². The molecule has 0 aromatic carbocycles. The Morgan fingerprint density at radius 2 is 2.32 bits per heavy atom. The minimum atomic E-state index is 0.155. The smallest absolute Gasteiger partial charge is 0.223 e. The number of amides is 1. The first-order chi connectivity index (χ1) is 9.08. The van der Waals surface area contributed by atoms with Crippen LogP contribution in [0.5, 0.6) is 0 Å². The molecule has 0 saturated carbocycles. The van der Waals surface area contributed by atoms with Crippen molar-refractivity contribution in [3.8, 4) is 0 Å². The summed E-state index contributed by atoms with van der Waals surface area (Å²) in [5.41, 5.74) is 1.05. The Bertz CT molecular complexity index is 476. The van der Waals surface area contributed by atoms with Crippen LogP contribution >= 0.6 is 11.3 Å². The fourth-order valence-corrected chi connectivity index (χ4v) is 3.21. The number of carbonyl (C=O) groups excluding carboxylic acids is 1. The molecule has 0 radical (unpaired) electrons. The van der Waals surface area contributed by atoms with Crippen LogP contribution in [0, 0.1) is 12.8 Å². The van der Waals surface area contributed by atoms with Gasteiger partial charge in [0.05, 0.1) is 17.2 Å². The summed E-state index contributed by atoms with van der Waals surface area (Å²) in [6.45, 7) is 6.94. The van der Waals surface area contributed by atoms with Gasteiger partial charge in [-0.25, -0.2) is 4.98 Å². The first-order valence-corrected chi connectivity index (χ1v) is 7.78. The zero-order valence-corrected chi connectivity index (χ0v) is 12.7. The Morgan fingerprint density at radius 3 is 2.89 bits per heavy atom. The Balaban J connectivity index is 1.91. The lowest BCUT2D eigenvalue weighted by Gasteiger charge is -2.16. The van der Waals surface area contributed by atoms with Gasteiger partial charge in [0, 0.05) is 16.7 Å². The van der Waals surface area contributed by atoms with E-state index >= 15 is 0 Å². The van der Waals surface area contributed by atoms with E-state index in [0.717, 1.165) is 30.0 Å². The zero-order valence-electron chi connectivity index (χ0n) is 11.9. The molecule has 3 nitrogen and oxygen atoms in total. The molecule has 0 saturated heterocycles. The molecule has 1 amide bonds. The highest BCUT2D eigenvalue weighted by Crippen LogP contribution is 2.25. The maximum absolute atomic E-state index is 12.1. The van der Waals surface area contributed by atoms with Crippen LogP contribution in [-0.4, -0.2) is 10.9 Å². The molecule has 4 heteroatoms. The lowest BCUT2D eigenvalue weighted by molar-refractivity contribution is -0.125. The summed E-state index contributed by atoms with van der Waals surface area (Å²) in [5, 5.41) is 4.21. The highest BCUT2D eigenvalue weighted by atomic mass is 32.1. The molecule has 0 bridgehead atoms. The van der Waals surface area contributed by atoms with Crippen LogP contribution in [0.4, 0.5) is 0 Å². The van der Waals surface area contributed by atoms with E-state index in [-0.39, 0.29) is 11.8 Å². The molecule has 2 rings (SSSR count). The lowest BCUT2D eigenvalue weighted by Crippen LogP contribution is -2.30. The van der Waals surface area contributed by atoms with Gasteiger partial charge in [0.1, 0.15) is 0 Å². The van der Waals surface area contributed by atoms with Crippen molar-refractivity contribution in [2.45, 2.75) is 52.5 Å². The molecular weight excluding hydrogens is 256 g/mol. The Kier molecular flexibility index (Phi) is 4.75. The third-order valence-electron chi connectivity index (χ3n) is 3.47. The van der Waals surface area contributed by atoms with Gasteiger partial charge < -0.3 is 5.32 Å². The van der Waals surface area contributed by atoms with E-state index < -0.39 is 0 Å². The molecule has 1 aliphatic rings. The van der Waals surface area contributed by atoms with E-state index in [1.165, 1.54) is 4.88 Å². The number of rotatable bonds is 4. The Morgan fingerprint density at radius 1 is 1.53 bits per heavy atom. The first-order valence-electron chi connectivity index (χ1n) is 6.97. The minimum absolute atomic E-state index is 0.155. The quantitative estimate of drug-likeness (QED) is 0.856. The van der Waals surface area contributed by atoms with Crippen molar-refractivity contribution in [1.29, 1.82) is 0 Å². The standard InChI is InChI=1S/C15H22N2OS/c1-10(2)15-17-11(3)13(19-15)9-16-14(18)12-7-5-4-6-8-12/h4-5,10,12H,6-9H2,1-3H3,(H,16,18). The molecular formula is C15H22N2OS. The van der Waals surface area contributed by atoms with E-state index in [0.29, 0.717) is 12.5 Å². The van der Waals surface area contributed by atoms with Crippen LogP contribution in [0.2, 0.25) is 0 Å². The molecule has 104 valence electrons. The van der Waals surface area contributed by atoms with Gasteiger partial charge >= 0.3 is 0 Å². The molecule has 1 aromatic heterocycles. The summed E-state index contributed by atoms with van der Waals surface area (Å²) in [7, 11) is 0. The number of nitrogens with zero attached hydrogens (tertiary/aromatic N) is 1. The summed E-state index contributed by atoms with van der Waals surface area (Å²) in [5.74, 6) is 0.794. The van der Waals surface area contributed by atoms with Crippen molar-refractivity contribution in [2.75, 3.05) is 0 Å². The number of hydrogen-bond acceptors (Lipinski definition) is 3. The normalized spacial score (nSPS) is 18.8. The van der Waals surface area contributed by atoms with Crippen LogP contribution in [0.25, 0.3) is 0 Å². The highest BCUT2D eigenvalue weighted by Gasteiger charge is 2.19. The van der Waals surface area contributed by atoms with Crippen LogP contribution < -0.4 is 5.32 Å². The molecule has 19 heavy (non-hydrogen) atoms. The van der Waals surface area contributed by atoms with Gasteiger partial charge in [-0.15, -0.1) is 11.3 Å². The van der Waals surface area contributed by atoms with Gasteiger partial charge in [-0.2, -0.15) is 0 Å². The molecule has 1 atom stereocenters. The SMILES string of the molecule is Cc1nc(C(C)C)sc1CNC(=O)C1CC=CCC1. The number of hydrogen-bond donors (Lipinski definition) is 1. The summed E-state index contributed by atoms with van der Waals surface area (Å²) in [4.78, 5) is 17.8. The minimum Gasteiger partial charge on any atom is -0.351 e. The fraction of sp³-hybridized carbons (Fsp3) is 0.600. The van der Waals surface area contributed by atoms with Crippen molar-refractivity contribution >= 4 is 17.2 Å². The summed E-state index contributed by atoms with van der Waals surface area (Å²) < 4.78 is 0. The van der Waals surface area contributed by atoms with Crippen molar-refractivity contribution < 1.29 is 4.79 Å². The Hall–Kier alpha value is -1.16. The second kappa shape index (κ2) is 6.33. The van der Waals surface area contributed by atoms with Gasteiger partial charge in [0.2, 0.25) is 5.91 Å². The highest BCUT2D eigenvalue weighted by molar-refractivity contribution is 7.11. The van der Waals surface area contributed by atoms with Gasteiger partial charge in [-0.3, -0.25) is 4.79 Å². The van der Waals surface area contributed by atoms with Crippen molar-refractivity contribution in [3.63, 3.8) is 0 Å². The summed E-state index contributed by atoms with van der Waals surface area (Å²) >= 11 is 1.72.